The number of piperazine rings is 1. The van der Waals surface area contributed by atoms with E-state index < -0.39 is 17.8 Å². The second-order valence-corrected chi connectivity index (χ2v) is 5.45. The molecular formula is C15H18F3N3O3. The molecule has 1 fully saturated rings. The van der Waals surface area contributed by atoms with Gasteiger partial charge in [-0.15, -0.1) is 0 Å². The molecule has 1 aliphatic rings. The topological polar surface area (TPSA) is 64.1 Å². The molecule has 24 heavy (non-hydrogen) atoms. The highest BCUT2D eigenvalue weighted by Crippen LogP contribution is 2.30. The molecule has 0 unspecified atom stereocenters. The van der Waals surface area contributed by atoms with Crippen molar-refractivity contribution in [2.75, 3.05) is 44.2 Å². The second-order valence-electron chi connectivity index (χ2n) is 5.45. The molecule has 0 spiro atoms. The minimum atomic E-state index is -4.41. The standard InChI is InChI=1S/C15H18F3N3O3/c16-15(17,18)12-1-3-13(4-2-12)21(11-22)10-7-19-5-8-20(9-6-19)14(23)24/h1-4,11H,5-10H2,(H,23,24). The van der Waals surface area contributed by atoms with Gasteiger partial charge in [0, 0.05) is 45.0 Å². The van der Waals surface area contributed by atoms with E-state index in [0.29, 0.717) is 51.4 Å². The van der Waals surface area contributed by atoms with E-state index in [4.69, 9.17) is 5.11 Å². The number of carbonyl (C=O) groups is 2. The minimum absolute atomic E-state index is 0.321. The van der Waals surface area contributed by atoms with Crippen LogP contribution in [0.25, 0.3) is 0 Å². The van der Waals surface area contributed by atoms with Crippen molar-refractivity contribution in [3.05, 3.63) is 29.8 Å². The molecule has 0 aliphatic carbocycles. The molecule has 132 valence electrons. The predicted octanol–water partition coefficient (Wildman–Crippen LogP) is 1.96. The Morgan fingerprint density at radius 1 is 1.17 bits per heavy atom. The maximum absolute atomic E-state index is 12.5. The van der Waals surface area contributed by atoms with Crippen LogP contribution in [-0.4, -0.2) is 66.7 Å². The van der Waals surface area contributed by atoms with Gasteiger partial charge >= 0.3 is 12.3 Å². The molecule has 1 N–H and O–H groups in total. The smallest absolute Gasteiger partial charge is 0.416 e. The Kier molecular flexibility index (Phi) is 5.66. The lowest BCUT2D eigenvalue weighted by atomic mass is 10.2. The maximum atomic E-state index is 12.5. The summed E-state index contributed by atoms with van der Waals surface area (Å²) in [5, 5.41) is 8.88. The summed E-state index contributed by atoms with van der Waals surface area (Å²) in [5.74, 6) is 0. The summed E-state index contributed by atoms with van der Waals surface area (Å²) in [6.07, 6.45) is -4.78. The molecule has 1 heterocycles. The first-order valence-electron chi connectivity index (χ1n) is 7.40. The van der Waals surface area contributed by atoms with Crippen molar-refractivity contribution in [3.8, 4) is 0 Å². The average Bonchev–Trinajstić information content (AvgIpc) is 2.55. The van der Waals surface area contributed by atoms with Gasteiger partial charge in [0.15, 0.2) is 0 Å². The molecule has 6 nitrogen and oxygen atoms in total. The number of amides is 2. The predicted molar refractivity (Wildman–Crippen MR) is 80.9 cm³/mol. The molecule has 0 radical (unpaired) electrons. The van der Waals surface area contributed by atoms with E-state index in [2.05, 4.69) is 0 Å². The Morgan fingerprint density at radius 3 is 2.21 bits per heavy atom. The zero-order valence-electron chi connectivity index (χ0n) is 12.9. The number of carboxylic acid groups (broad SMARTS) is 1. The normalized spacial score (nSPS) is 16.0. The summed E-state index contributed by atoms with van der Waals surface area (Å²) < 4.78 is 37.6. The van der Waals surface area contributed by atoms with Gasteiger partial charge in [0.25, 0.3) is 0 Å². The number of benzene rings is 1. The van der Waals surface area contributed by atoms with Crippen LogP contribution in [0.2, 0.25) is 0 Å². The Hall–Kier alpha value is -2.29. The summed E-state index contributed by atoms with van der Waals surface area (Å²) in [6, 6.07) is 4.41. The van der Waals surface area contributed by atoms with Crippen LogP contribution in [0.4, 0.5) is 23.7 Å². The molecule has 0 atom stereocenters. The zero-order valence-corrected chi connectivity index (χ0v) is 12.9. The van der Waals surface area contributed by atoms with Crippen LogP contribution in [0, 0.1) is 0 Å². The quantitative estimate of drug-likeness (QED) is 0.829. The van der Waals surface area contributed by atoms with Crippen LogP contribution in [0.5, 0.6) is 0 Å². The summed E-state index contributed by atoms with van der Waals surface area (Å²) >= 11 is 0. The van der Waals surface area contributed by atoms with Crippen LogP contribution >= 0.6 is 0 Å². The molecule has 1 aromatic rings. The molecule has 0 bridgehead atoms. The van der Waals surface area contributed by atoms with E-state index >= 15 is 0 Å². The number of rotatable bonds is 5. The summed E-state index contributed by atoms with van der Waals surface area (Å²) in [4.78, 5) is 26.7. The minimum Gasteiger partial charge on any atom is -0.465 e. The second kappa shape index (κ2) is 7.52. The summed E-state index contributed by atoms with van der Waals surface area (Å²) in [5.41, 5.74) is -0.371. The van der Waals surface area contributed by atoms with Crippen molar-refractivity contribution in [2.24, 2.45) is 0 Å². The molecule has 2 amide bonds. The van der Waals surface area contributed by atoms with Crippen LogP contribution < -0.4 is 4.90 Å². The molecule has 1 aromatic carbocycles. The Morgan fingerprint density at radius 2 is 1.75 bits per heavy atom. The van der Waals surface area contributed by atoms with Gasteiger partial charge in [-0.1, -0.05) is 0 Å². The number of nitrogens with zero attached hydrogens (tertiary/aromatic N) is 3. The van der Waals surface area contributed by atoms with Gasteiger partial charge in [-0.25, -0.2) is 4.79 Å². The van der Waals surface area contributed by atoms with Gasteiger partial charge < -0.3 is 14.9 Å². The first kappa shape index (κ1) is 18.1. The summed E-state index contributed by atoms with van der Waals surface area (Å²) in [7, 11) is 0. The van der Waals surface area contributed by atoms with Crippen molar-refractivity contribution in [1.29, 1.82) is 0 Å². The van der Waals surface area contributed by atoms with Crippen LogP contribution in [0.1, 0.15) is 5.56 Å². The van der Waals surface area contributed by atoms with Gasteiger partial charge in [0.05, 0.1) is 5.56 Å². The number of carbonyl (C=O) groups excluding carboxylic acids is 1. The van der Waals surface area contributed by atoms with E-state index in [-0.39, 0.29) is 0 Å². The third-order valence-electron chi connectivity index (χ3n) is 3.95. The van der Waals surface area contributed by atoms with Gasteiger partial charge in [0.2, 0.25) is 6.41 Å². The van der Waals surface area contributed by atoms with Gasteiger partial charge in [-0.2, -0.15) is 13.2 Å². The number of halogens is 3. The third kappa shape index (κ3) is 4.60. The Balaban J connectivity index is 1.89. The van der Waals surface area contributed by atoms with Crippen molar-refractivity contribution in [2.45, 2.75) is 6.18 Å². The third-order valence-corrected chi connectivity index (χ3v) is 3.95. The average molecular weight is 345 g/mol. The number of anilines is 1. The first-order chi connectivity index (χ1) is 11.3. The van der Waals surface area contributed by atoms with Crippen molar-refractivity contribution in [3.63, 3.8) is 0 Å². The highest BCUT2D eigenvalue weighted by molar-refractivity contribution is 5.75. The molecule has 0 saturated carbocycles. The fourth-order valence-electron chi connectivity index (χ4n) is 2.50. The fourth-order valence-corrected chi connectivity index (χ4v) is 2.50. The highest BCUT2D eigenvalue weighted by atomic mass is 19.4. The van der Waals surface area contributed by atoms with Gasteiger partial charge in [-0.05, 0) is 24.3 Å². The molecule has 1 aliphatic heterocycles. The van der Waals surface area contributed by atoms with Gasteiger partial charge in [0.1, 0.15) is 0 Å². The molecule has 9 heteroatoms. The van der Waals surface area contributed by atoms with Crippen molar-refractivity contribution >= 4 is 18.2 Å². The Labute approximate surface area is 137 Å². The lowest BCUT2D eigenvalue weighted by molar-refractivity contribution is -0.137. The van der Waals surface area contributed by atoms with E-state index in [0.717, 1.165) is 12.1 Å². The SMILES string of the molecule is O=CN(CCN1CCN(C(=O)O)CC1)c1ccc(C(F)(F)F)cc1. The van der Waals surface area contributed by atoms with E-state index in [1.807, 2.05) is 4.90 Å². The lowest BCUT2D eigenvalue weighted by Gasteiger charge is -2.33. The number of hydrogen-bond acceptors (Lipinski definition) is 3. The number of hydrogen-bond donors (Lipinski definition) is 1. The molecule has 2 rings (SSSR count). The van der Waals surface area contributed by atoms with Crippen LogP contribution in [-0.2, 0) is 11.0 Å². The fraction of sp³-hybridized carbons (Fsp3) is 0.467. The monoisotopic (exact) mass is 345 g/mol. The lowest BCUT2D eigenvalue weighted by Crippen LogP contribution is -2.49. The molecule has 0 aromatic heterocycles. The van der Waals surface area contributed by atoms with Crippen LogP contribution in [0.15, 0.2) is 24.3 Å². The molecule has 1 saturated heterocycles. The largest absolute Gasteiger partial charge is 0.465 e. The van der Waals surface area contributed by atoms with Crippen molar-refractivity contribution in [1.82, 2.24) is 9.80 Å². The van der Waals surface area contributed by atoms with E-state index in [1.54, 1.807) is 0 Å². The molecular weight excluding hydrogens is 327 g/mol. The highest BCUT2D eigenvalue weighted by Gasteiger charge is 2.30. The summed E-state index contributed by atoms with van der Waals surface area (Å²) in [6.45, 7) is 2.76. The van der Waals surface area contributed by atoms with E-state index in [9.17, 15) is 22.8 Å². The van der Waals surface area contributed by atoms with Crippen molar-refractivity contribution < 1.29 is 27.9 Å². The zero-order chi connectivity index (χ0) is 17.7. The van der Waals surface area contributed by atoms with Gasteiger partial charge in [-0.3, -0.25) is 9.69 Å². The number of alkyl halides is 3. The maximum Gasteiger partial charge on any atom is 0.416 e. The Bertz CT molecular complexity index is 570. The first-order valence-corrected chi connectivity index (χ1v) is 7.40. The van der Waals surface area contributed by atoms with Crippen LogP contribution in [0.3, 0.4) is 0 Å². The van der Waals surface area contributed by atoms with E-state index in [1.165, 1.54) is 21.9 Å².